The first-order chi connectivity index (χ1) is 10.3. The Kier molecular flexibility index (Phi) is 4.20. The van der Waals surface area contributed by atoms with Crippen molar-refractivity contribution in [2.75, 3.05) is 19.8 Å². The highest BCUT2D eigenvalue weighted by Crippen LogP contribution is 2.16. The molecule has 110 valence electrons. The van der Waals surface area contributed by atoms with Crippen LogP contribution in [0, 0.1) is 0 Å². The number of nitrogens with zero attached hydrogens (tertiary/aromatic N) is 4. The SMILES string of the molecule is O=C(c1cnco1)N1CCOC[C@H]1CCc1cnccn1. The van der Waals surface area contributed by atoms with Gasteiger partial charge in [0, 0.05) is 25.1 Å². The molecule has 0 aromatic carbocycles. The minimum atomic E-state index is -0.139. The fourth-order valence-corrected chi connectivity index (χ4v) is 2.40. The molecular weight excluding hydrogens is 272 g/mol. The van der Waals surface area contributed by atoms with Crippen molar-refractivity contribution in [2.24, 2.45) is 0 Å². The molecule has 7 nitrogen and oxygen atoms in total. The number of aromatic nitrogens is 3. The smallest absolute Gasteiger partial charge is 0.291 e. The molecular formula is C14H16N4O3. The van der Waals surface area contributed by atoms with Crippen LogP contribution in [0.3, 0.4) is 0 Å². The van der Waals surface area contributed by atoms with E-state index in [1.165, 1.54) is 12.6 Å². The van der Waals surface area contributed by atoms with Crippen LogP contribution in [0.2, 0.25) is 0 Å². The minimum Gasteiger partial charge on any atom is -0.438 e. The van der Waals surface area contributed by atoms with Crippen LogP contribution in [-0.4, -0.2) is 51.6 Å². The minimum absolute atomic E-state index is 0.0124. The highest BCUT2D eigenvalue weighted by molar-refractivity contribution is 5.91. The maximum absolute atomic E-state index is 12.4. The third-order valence-corrected chi connectivity index (χ3v) is 3.48. The maximum Gasteiger partial charge on any atom is 0.291 e. The van der Waals surface area contributed by atoms with Crippen LogP contribution in [0.15, 0.2) is 35.6 Å². The largest absolute Gasteiger partial charge is 0.438 e. The van der Waals surface area contributed by atoms with Gasteiger partial charge in [-0.05, 0) is 12.8 Å². The Morgan fingerprint density at radius 2 is 2.29 bits per heavy atom. The van der Waals surface area contributed by atoms with Crippen LogP contribution < -0.4 is 0 Å². The molecule has 3 heterocycles. The van der Waals surface area contributed by atoms with Crippen molar-refractivity contribution in [1.29, 1.82) is 0 Å². The molecule has 1 fully saturated rings. The third-order valence-electron chi connectivity index (χ3n) is 3.48. The van der Waals surface area contributed by atoms with Crippen LogP contribution in [-0.2, 0) is 11.2 Å². The van der Waals surface area contributed by atoms with E-state index in [0.29, 0.717) is 19.8 Å². The van der Waals surface area contributed by atoms with Crippen LogP contribution in [0.1, 0.15) is 22.7 Å². The summed E-state index contributed by atoms with van der Waals surface area (Å²) < 4.78 is 10.6. The number of morpholine rings is 1. The average molecular weight is 288 g/mol. The summed E-state index contributed by atoms with van der Waals surface area (Å²) in [6.07, 6.45) is 9.30. The van der Waals surface area contributed by atoms with Gasteiger partial charge in [-0.1, -0.05) is 0 Å². The Morgan fingerprint density at radius 3 is 3.05 bits per heavy atom. The maximum atomic E-state index is 12.4. The van der Waals surface area contributed by atoms with Gasteiger partial charge in [0.05, 0.1) is 31.1 Å². The molecule has 0 N–H and O–H groups in total. The molecule has 0 radical (unpaired) electrons. The van der Waals surface area contributed by atoms with Gasteiger partial charge in [-0.3, -0.25) is 14.8 Å². The summed E-state index contributed by atoms with van der Waals surface area (Å²) in [4.78, 5) is 26.3. The zero-order chi connectivity index (χ0) is 14.5. The van der Waals surface area contributed by atoms with E-state index in [9.17, 15) is 4.79 Å². The molecule has 3 rings (SSSR count). The first kappa shape index (κ1) is 13.7. The molecule has 0 spiro atoms. The lowest BCUT2D eigenvalue weighted by Crippen LogP contribution is -2.48. The Labute approximate surface area is 122 Å². The van der Waals surface area contributed by atoms with E-state index in [4.69, 9.17) is 9.15 Å². The van der Waals surface area contributed by atoms with Gasteiger partial charge in [0.25, 0.3) is 5.91 Å². The molecule has 0 aliphatic carbocycles. The Morgan fingerprint density at radius 1 is 1.33 bits per heavy atom. The number of aryl methyl sites for hydroxylation is 1. The molecule has 1 amide bonds. The average Bonchev–Trinajstić information content (AvgIpc) is 3.08. The first-order valence-electron chi connectivity index (χ1n) is 6.86. The van der Waals surface area contributed by atoms with Crippen LogP contribution in [0.5, 0.6) is 0 Å². The van der Waals surface area contributed by atoms with E-state index in [1.54, 1.807) is 23.5 Å². The summed E-state index contributed by atoms with van der Waals surface area (Å²) in [5.41, 5.74) is 0.912. The molecule has 0 saturated carbocycles. The number of hydrogen-bond acceptors (Lipinski definition) is 6. The number of carbonyl (C=O) groups is 1. The van der Waals surface area contributed by atoms with Crippen molar-refractivity contribution in [2.45, 2.75) is 18.9 Å². The topological polar surface area (TPSA) is 81.4 Å². The van der Waals surface area contributed by atoms with Crippen LogP contribution in [0.25, 0.3) is 0 Å². The second-order valence-electron chi connectivity index (χ2n) is 4.83. The molecule has 1 saturated heterocycles. The predicted octanol–water partition coefficient (Wildman–Crippen LogP) is 0.938. The zero-order valence-electron chi connectivity index (χ0n) is 11.5. The molecule has 1 atom stereocenters. The van der Waals surface area contributed by atoms with Gasteiger partial charge >= 0.3 is 0 Å². The fourth-order valence-electron chi connectivity index (χ4n) is 2.40. The van der Waals surface area contributed by atoms with Crippen molar-refractivity contribution in [1.82, 2.24) is 19.9 Å². The van der Waals surface area contributed by atoms with Crippen molar-refractivity contribution in [3.63, 3.8) is 0 Å². The van der Waals surface area contributed by atoms with E-state index < -0.39 is 0 Å². The third kappa shape index (κ3) is 3.25. The van der Waals surface area contributed by atoms with E-state index >= 15 is 0 Å². The lowest BCUT2D eigenvalue weighted by atomic mass is 10.1. The fraction of sp³-hybridized carbons (Fsp3) is 0.429. The van der Waals surface area contributed by atoms with Gasteiger partial charge in [-0.15, -0.1) is 0 Å². The van der Waals surface area contributed by atoms with Gasteiger partial charge in [0.1, 0.15) is 0 Å². The number of hydrogen-bond donors (Lipinski definition) is 0. The zero-order valence-corrected chi connectivity index (χ0v) is 11.5. The van der Waals surface area contributed by atoms with Crippen molar-refractivity contribution < 1.29 is 13.9 Å². The van der Waals surface area contributed by atoms with Gasteiger partial charge in [0.15, 0.2) is 6.39 Å². The second-order valence-corrected chi connectivity index (χ2v) is 4.83. The van der Waals surface area contributed by atoms with Gasteiger partial charge in [-0.2, -0.15) is 0 Å². The lowest BCUT2D eigenvalue weighted by Gasteiger charge is -2.35. The van der Waals surface area contributed by atoms with E-state index in [2.05, 4.69) is 15.0 Å². The normalized spacial score (nSPS) is 18.7. The molecule has 21 heavy (non-hydrogen) atoms. The van der Waals surface area contributed by atoms with E-state index in [1.807, 2.05) is 0 Å². The molecule has 2 aromatic heterocycles. The van der Waals surface area contributed by atoms with Crippen LogP contribution in [0.4, 0.5) is 0 Å². The first-order valence-corrected chi connectivity index (χ1v) is 6.86. The summed E-state index contributed by atoms with van der Waals surface area (Å²) in [7, 11) is 0. The van der Waals surface area contributed by atoms with E-state index in [0.717, 1.165) is 18.5 Å². The summed E-state index contributed by atoms with van der Waals surface area (Å²) >= 11 is 0. The molecule has 1 aliphatic heterocycles. The van der Waals surface area contributed by atoms with Gasteiger partial charge in [-0.25, -0.2) is 4.98 Å². The standard InChI is InChI=1S/C14H16N4O3/c19-14(13-8-16-10-21-13)18-5-6-20-9-12(18)2-1-11-7-15-3-4-17-11/h3-4,7-8,10,12H,1-2,5-6,9H2/t12-/m1/s1. The monoisotopic (exact) mass is 288 g/mol. The highest BCUT2D eigenvalue weighted by Gasteiger charge is 2.29. The Balaban J connectivity index is 1.65. The number of rotatable bonds is 4. The number of amides is 1. The number of oxazole rings is 1. The lowest BCUT2D eigenvalue weighted by molar-refractivity contribution is -0.00565. The summed E-state index contributed by atoms with van der Waals surface area (Å²) in [6.45, 7) is 1.63. The molecule has 7 heteroatoms. The van der Waals surface area contributed by atoms with Crippen molar-refractivity contribution in [3.05, 3.63) is 42.6 Å². The highest BCUT2D eigenvalue weighted by atomic mass is 16.5. The molecule has 2 aromatic rings. The van der Waals surface area contributed by atoms with Gasteiger partial charge < -0.3 is 14.1 Å². The molecule has 0 unspecified atom stereocenters. The summed E-state index contributed by atoms with van der Waals surface area (Å²) in [6, 6.07) is 0.0124. The second kappa shape index (κ2) is 6.45. The number of carbonyl (C=O) groups excluding carboxylic acids is 1. The molecule has 1 aliphatic rings. The van der Waals surface area contributed by atoms with E-state index in [-0.39, 0.29) is 17.7 Å². The quantitative estimate of drug-likeness (QED) is 0.832. The number of ether oxygens (including phenoxy) is 1. The summed E-state index contributed by atoms with van der Waals surface area (Å²) in [5, 5.41) is 0. The Bertz CT molecular complexity index is 573. The van der Waals surface area contributed by atoms with Gasteiger partial charge in [0.2, 0.25) is 5.76 Å². The molecule has 0 bridgehead atoms. The Hall–Kier alpha value is -2.28. The summed E-state index contributed by atoms with van der Waals surface area (Å²) in [5.74, 6) is 0.126. The predicted molar refractivity (Wildman–Crippen MR) is 72.5 cm³/mol. The van der Waals surface area contributed by atoms with Crippen molar-refractivity contribution in [3.8, 4) is 0 Å². The van der Waals surface area contributed by atoms with Crippen molar-refractivity contribution >= 4 is 5.91 Å². The van der Waals surface area contributed by atoms with Crippen LogP contribution >= 0.6 is 0 Å².